The Kier molecular flexibility index (Phi) is 39.4. The van der Waals surface area contributed by atoms with Crippen molar-refractivity contribution in [3.8, 4) is 0 Å². The van der Waals surface area contributed by atoms with Crippen molar-refractivity contribution >= 4 is 19.7 Å². The van der Waals surface area contributed by atoms with E-state index in [0.717, 1.165) is 21.3 Å². The predicted molar refractivity (Wildman–Crippen MR) is 55.5 cm³/mol. The summed E-state index contributed by atoms with van der Waals surface area (Å²) >= 11 is -3.89. The summed E-state index contributed by atoms with van der Waals surface area (Å²) in [6.45, 7) is 0. The molecule has 0 saturated heterocycles. The molecule has 15 heavy (non-hydrogen) atoms. The van der Waals surface area contributed by atoms with Crippen LogP contribution >= 0.6 is 0 Å². The number of halogens is 2. The molecule has 0 heterocycles. The first-order valence-electron chi connectivity index (χ1n) is 3.64. The van der Waals surface area contributed by atoms with Gasteiger partial charge in [0.1, 0.15) is 0 Å². The maximum Gasteiger partial charge on any atom is 0 e. The minimum absolute atomic E-state index is 0. The summed E-state index contributed by atoms with van der Waals surface area (Å²) in [4.78, 5) is 0. The molecule has 0 saturated carbocycles. The number of rotatable bonds is 1. The molecule has 1 rings (SSSR count). The summed E-state index contributed by atoms with van der Waals surface area (Å²) in [7, 11) is 3.00. The van der Waals surface area contributed by atoms with Crippen molar-refractivity contribution < 1.29 is 48.5 Å². The molecule has 0 aliphatic heterocycles. The topological polar surface area (TPSA) is 60.7 Å². The zero-order valence-electron chi connectivity index (χ0n) is 8.98. The molecule has 90 valence electrons. The van der Waals surface area contributed by atoms with E-state index in [2.05, 4.69) is 0 Å². The molecule has 0 aliphatic carbocycles. The Balaban J connectivity index is -0.0000000755. The van der Waals surface area contributed by atoms with Crippen molar-refractivity contribution in [2.45, 2.75) is 0 Å². The molecular weight excluding hydrogens is 346 g/mol. The molecule has 0 unspecified atom stereocenters. The van der Waals surface area contributed by atoms with Gasteiger partial charge in [-0.25, -0.2) is 0 Å². The third-order valence-corrected chi connectivity index (χ3v) is 2.81. The molecule has 0 spiro atoms. The summed E-state index contributed by atoms with van der Waals surface area (Å²) in [6.07, 6.45) is 0. The standard InChI is InChI=1S/C5H5F2Ge.3CH4O.Zr/c6-8(7)5-3-1-2-4-5;3*1-2;/h1-4,8H;3*2H,1H3;/q-1;;;;. The van der Waals surface area contributed by atoms with Crippen LogP contribution in [0.25, 0.3) is 0 Å². The van der Waals surface area contributed by atoms with Gasteiger partial charge in [0.05, 0.1) is 0 Å². The Morgan fingerprint density at radius 3 is 1.27 bits per heavy atom. The maximum atomic E-state index is 11.8. The first-order chi connectivity index (χ1) is 6.80. The molecule has 0 amide bonds. The van der Waals surface area contributed by atoms with Crippen LogP contribution in [0.15, 0.2) is 24.3 Å². The van der Waals surface area contributed by atoms with Gasteiger partial charge >= 0.3 is 50.9 Å². The maximum absolute atomic E-state index is 11.8. The van der Waals surface area contributed by atoms with E-state index in [9.17, 15) is 7.00 Å². The fraction of sp³-hybridized carbons (Fsp3) is 0.375. The fourth-order valence-electron chi connectivity index (χ4n) is 0.534. The summed E-state index contributed by atoms with van der Waals surface area (Å²) < 4.78 is 23.9. The monoisotopic (exact) mass is 363 g/mol. The van der Waals surface area contributed by atoms with Crippen LogP contribution in [0, 0.1) is 0 Å². The average molecular weight is 363 g/mol. The van der Waals surface area contributed by atoms with E-state index in [-0.39, 0.29) is 30.6 Å². The molecule has 3 nitrogen and oxygen atoms in total. The minimum atomic E-state index is -3.89. The molecule has 0 aliphatic rings. The largest absolute Gasteiger partial charge is 0 e. The van der Waals surface area contributed by atoms with Crippen LogP contribution in [-0.4, -0.2) is 51.9 Å². The molecule has 0 atom stereocenters. The van der Waals surface area contributed by atoms with Gasteiger partial charge in [-0.3, -0.25) is 0 Å². The quantitative estimate of drug-likeness (QED) is 0.470. The zero-order valence-corrected chi connectivity index (χ0v) is 13.9. The summed E-state index contributed by atoms with van der Waals surface area (Å²) in [5, 5.41) is 21.0. The van der Waals surface area contributed by atoms with E-state index >= 15 is 0 Å². The first kappa shape index (κ1) is 24.7. The van der Waals surface area contributed by atoms with Gasteiger partial charge in [-0.15, -0.1) is 0 Å². The Bertz CT molecular complexity index is 163. The molecule has 0 radical (unpaired) electrons. The second-order valence-corrected chi connectivity index (χ2v) is 4.18. The number of hydrogen-bond donors (Lipinski definition) is 3. The minimum Gasteiger partial charge on any atom is 0 e. The van der Waals surface area contributed by atoms with Crippen molar-refractivity contribution in [1.29, 1.82) is 0 Å². The third kappa shape index (κ3) is 17.1. The second kappa shape index (κ2) is 24.0. The van der Waals surface area contributed by atoms with Gasteiger partial charge < -0.3 is 15.3 Å². The fourth-order valence-corrected chi connectivity index (χ4v) is 1.61. The zero-order chi connectivity index (χ0) is 12.0. The molecule has 1 aromatic carbocycles. The van der Waals surface area contributed by atoms with Crippen molar-refractivity contribution in [3.05, 3.63) is 24.3 Å². The molecule has 0 fully saturated rings. The van der Waals surface area contributed by atoms with Crippen molar-refractivity contribution in [1.82, 2.24) is 0 Å². The van der Waals surface area contributed by atoms with Gasteiger partial charge in [0, 0.05) is 47.5 Å². The van der Waals surface area contributed by atoms with Crippen LogP contribution in [0.2, 0.25) is 0 Å². The van der Waals surface area contributed by atoms with E-state index in [1.165, 1.54) is 12.1 Å². The first-order valence-corrected chi connectivity index (χ1v) is 6.69. The van der Waals surface area contributed by atoms with Crippen molar-refractivity contribution in [2.75, 3.05) is 21.3 Å². The molecule has 0 aromatic heterocycles. The summed E-state index contributed by atoms with van der Waals surface area (Å²) in [6, 6.07) is 6.27. The molecular formula is C8H17F2GeO3Zr-. The van der Waals surface area contributed by atoms with Crippen molar-refractivity contribution in [2.24, 2.45) is 0 Å². The van der Waals surface area contributed by atoms with Gasteiger partial charge in [-0.05, 0) is 0 Å². The number of aliphatic hydroxyl groups excluding tert-OH is 3. The average Bonchev–Trinajstić information content (AvgIpc) is 2.80. The van der Waals surface area contributed by atoms with E-state index in [4.69, 9.17) is 15.3 Å². The van der Waals surface area contributed by atoms with Crippen LogP contribution < -0.4 is 4.40 Å². The smallest absolute Gasteiger partial charge is 0 e. The molecule has 0 bridgehead atoms. The normalized spacial score (nSPS) is 6.73. The van der Waals surface area contributed by atoms with E-state index in [0.29, 0.717) is 0 Å². The third-order valence-electron chi connectivity index (χ3n) is 0.940. The van der Waals surface area contributed by atoms with Crippen LogP contribution in [0.5, 0.6) is 0 Å². The molecule has 1 aromatic rings. The Hall–Kier alpha value is 0.516. The van der Waals surface area contributed by atoms with E-state index < -0.39 is 15.3 Å². The second-order valence-electron chi connectivity index (χ2n) is 1.52. The van der Waals surface area contributed by atoms with E-state index in [1.807, 2.05) is 0 Å². The SMILES string of the molecule is CO.CO.CO.[F][GeH]([F])[c-]1cccc1.[Zr]. The molecule has 7 heteroatoms. The summed E-state index contributed by atoms with van der Waals surface area (Å²) in [5.41, 5.74) is 0. The van der Waals surface area contributed by atoms with Gasteiger partial charge in [0.25, 0.3) is 0 Å². The molecule has 3 N–H and O–H groups in total. The number of hydrogen-bond acceptors (Lipinski definition) is 3. The van der Waals surface area contributed by atoms with Gasteiger partial charge in [0.15, 0.2) is 0 Å². The Labute approximate surface area is 113 Å². The Morgan fingerprint density at radius 2 is 1.13 bits per heavy atom. The van der Waals surface area contributed by atoms with Crippen molar-refractivity contribution in [3.63, 3.8) is 0 Å². The number of aliphatic hydroxyl groups is 3. The van der Waals surface area contributed by atoms with E-state index in [1.54, 1.807) is 12.1 Å². The van der Waals surface area contributed by atoms with Crippen LogP contribution in [0.1, 0.15) is 0 Å². The Morgan fingerprint density at radius 1 is 0.867 bits per heavy atom. The predicted octanol–water partition coefficient (Wildman–Crippen LogP) is -0.405. The summed E-state index contributed by atoms with van der Waals surface area (Å²) in [5.74, 6) is 0. The van der Waals surface area contributed by atoms with Crippen LogP contribution in [-0.2, 0) is 26.2 Å². The van der Waals surface area contributed by atoms with Gasteiger partial charge in [-0.1, -0.05) is 0 Å². The van der Waals surface area contributed by atoms with Gasteiger partial charge in [0.2, 0.25) is 0 Å². The van der Waals surface area contributed by atoms with Crippen LogP contribution in [0.4, 0.5) is 7.00 Å². The van der Waals surface area contributed by atoms with Gasteiger partial charge in [-0.2, -0.15) is 0 Å². The van der Waals surface area contributed by atoms with Crippen LogP contribution in [0.3, 0.4) is 0 Å².